The largest absolute Gasteiger partial charge is 0.379 e. The highest BCUT2D eigenvalue weighted by molar-refractivity contribution is 7.89. The number of hydrogen-bond acceptors (Lipinski definition) is 9. The molecule has 5 rings (SSSR count). The third-order valence-corrected chi connectivity index (χ3v) is 9.60. The summed E-state index contributed by atoms with van der Waals surface area (Å²) in [5.74, 6) is 0.367. The van der Waals surface area contributed by atoms with E-state index in [-0.39, 0.29) is 48.1 Å². The standard InChI is InChI=1S/C24H36FN7O4S/c1-4-37(33,34)32-16-6-5-7-17(32)12-18(11-16)31(3)24-26-20(14-36-19-8-9-35-13-19)22(25)23(28-24)27-21-10-15(2)29-30-21/h10,16-19H,4-9,11-14H2,1-3H3,(H2,26,27,28,29,30)/t16-,17+,18-,19-/m0/s1. The first kappa shape index (κ1) is 26.3. The fraction of sp³-hybridized carbons (Fsp3) is 0.708. The van der Waals surface area contributed by atoms with E-state index in [2.05, 4.69) is 25.5 Å². The number of sulfonamides is 1. The Morgan fingerprint density at radius 1 is 1.27 bits per heavy atom. The van der Waals surface area contributed by atoms with Gasteiger partial charge in [-0.15, -0.1) is 0 Å². The fourth-order valence-corrected chi connectivity index (χ4v) is 7.24. The van der Waals surface area contributed by atoms with Crippen molar-refractivity contribution >= 4 is 27.6 Å². The number of H-pyrrole nitrogens is 1. The lowest BCUT2D eigenvalue weighted by Gasteiger charge is -2.49. The van der Waals surface area contributed by atoms with E-state index in [0.29, 0.717) is 37.8 Å². The van der Waals surface area contributed by atoms with Crippen LogP contribution >= 0.6 is 0 Å². The molecule has 3 aliphatic heterocycles. The Morgan fingerprint density at radius 3 is 2.65 bits per heavy atom. The number of halogens is 1. The molecule has 0 spiro atoms. The third-order valence-electron chi connectivity index (χ3n) is 7.64. The molecule has 2 N–H and O–H groups in total. The summed E-state index contributed by atoms with van der Waals surface area (Å²) in [6.45, 7) is 4.67. The number of rotatable bonds is 9. The molecule has 2 bridgehead atoms. The number of nitrogens with one attached hydrogen (secondary N) is 2. The zero-order valence-corrected chi connectivity index (χ0v) is 22.4. The van der Waals surface area contributed by atoms with E-state index < -0.39 is 15.8 Å². The number of ether oxygens (including phenoxy) is 2. The molecule has 3 aliphatic rings. The summed E-state index contributed by atoms with van der Waals surface area (Å²) in [5.41, 5.74) is 0.990. The summed E-state index contributed by atoms with van der Waals surface area (Å²) in [6.07, 6.45) is 4.75. The maximum absolute atomic E-state index is 15.5. The normalized spacial score (nSPS) is 26.4. The molecule has 4 atom stereocenters. The lowest BCUT2D eigenvalue weighted by molar-refractivity contribution is 0.0287. The van der Waals surface area contributed by atoms with Crippen molar-refractivity contribution in [2.75, 3.05) is 36.2 Å². The summed E-state index contributed by atoms with van der Waals surface area (Å²) >= 11 is 0. The Hall–Kier alpha value is -2.35. The maximum atomic E-state index is 15.5. The van der Waals surface area contributed by atoms with E-state index in [4.69, 9.17) is 9.47 Å². The van der Waals surface area contributed by atoms with E-state index in [0.717, 1.165) is 31.4 Å². The van der Waals surface area contributed by atoms with Gasteiger partial charge in [-0.05, 0) is 46.0 Å². The summed E-state index contributed by atoms with van der Waals surface area (Å²) in [6, 6.07) is 1.71. The molecule has 11 nitrogen and oxygen atoms in total. The van der Waals surface area contributed by atoms with E-state index >= 15 is 4.39 Å². The van der Waals surface area contributed by atoms with E-state index in [9.17, 15) is 8.42 Å². The quantitative estimate of drug-likeness (QED) is 0.497. The van der Waals surface area contributed by atoms with Crippen molar-refractivity contribution in [1.82, 2.24) is 24.5 Å². The first-order chi connectivity index (χ1) is 17.7. The van der Waals surface area contributed by atoms with Crippen LogP contribution in [0, 0.1) is 12.7 Å². The average molecular weight is 538 g/mol. The van der Waals surface area contributed by atoms with E-state index in [1.807, 2.05) is 18.9 Å². The van der Waals surface area contributed by atoms with Gasteiger partial charge >= 0.3 is 0 Å². The molecule has 0 aromatic carbocycles. The van der Waals surface area contributed by atoms with Crippen molar-refractivity contribution < 1.29 is 22.3 Å². The van der Waals surface area contributed by atoms with Gasteiger partial charge in [-0.2, -0.15) is 14.4 Å². The molecule has 5 heterocycles. The molecule has 0 unspecified atom stereocenters. The average Bonchev–Trinajstić information content (AvgIpc) is 3.54. The first-order valence-electron chi connectivity index (χ1n) is 13.0. The van der Waals surface area contributed by atoms with E-state index in [1.165, 1.54) is 0 Å². The molecule has 13 heteroatoms. The van der Waals surface area contributed by atoms with Crippen molar-refractivity contribution in [3.8, 4) is 0 Å². The van der Waals surface area contributed by atoms with Gasteiger partial charge < -0.3 is 19.7 Å². The van der Waals surface area contributed by atoms with Gasteiger partial charge in [-0.25, -0.2) is 17.8 Å². The zero-order chi connectivity index (χ0) is 26.2. The number of piperidine rings is 2. The molecular formula is C24H36FN7O4S. The predicted octanol–water partition coefficient (Wildman–Crippen LogP) is 2.87. The number of nitrogens with zero attached hydrogens (tertiary/aromatic N) is 5. The molecule has 204 valence electrons. The highest BCUT2D eigenvalue weighted by atomic mass is 32.2. The highest BCUT2D eigenvalue weighted by Crippen LogP contribution is 2.38. The molecular weight excluding hydrogens is 501 g/mol. The topological polar surface area (TPSA) is 126 Å². The molecule has 0 amide bonds. The second kappa shape index (κ2) is 10.8. The van der Waals surface area contributed by atoms with Crippen molar-refractivity contribution in [2.24, 2.45) is 0 Å². The van der Waals surface area contributed by atoms with Gasteiger partial charge in [0.2, 0.25) is 16.0 Å². The second-order valence-corrected chi connectivity index (χ2v) is 12.4. The Kier molecular flexibility index (Phi) is 7.66. The number of fused-ring (bicyclic) bond motifs is 2. The lowest BCUT2D eigenvalue weighted by atomic mass is 9.83. The second-order valence-electron chi connectivity index (χ2n) is 10.2. The minimum atomic E-state index is -3.27. The Bertz CT molecular complexity index is 1190. The van der Waals surface area contributed by atoms with Crippen LogP contribution in [0.1, 0.15) is 56.8 Å². The van der Waals surface area contributed by atoms with Gasteiger partial charge in [0, 0.05) is 43.5 Å². The van der Waals surface area contributed by atoms with Crippen LogP contribution in [0.2, 0.25) is 0 Å². The molecule has 0 aliphatic carbocycles. The third kappa shape index (κ3) is 5.59. The number of hydrogen-bond donors (Lipinski definition) is 2. The number of anilines is 3. The van der Waals surface area contributed by atoms with Gasteiger partial charge in [0.25, 0.3) is 0 Å². The summed E-state index contributed by atoms with van der Waals surface area (Å²) in [5, 5.41) is 9.95. The first-order valence-corrected chi connectivity index (χ1v) is 14.6. The SMILES string of the molecule is CCS(=O)(=O)N1[C@@H]2CCC[C@H]1C[C@H](N(C)c1nc(CO[C@H]3CCOC3)c(F)c(Nc3cc(C)[nH]n3)n1)C2. The monoisotopic (exact) mass is 537 g/mol. The van der Waals surface area contributed by atoms with Gasteiger partial charge in [-0.1, -0.05) is 6.42 Å². The molecule has 3 saturated heterocycles. The van der Waals surface area contributed by atoms with Crippen LogP contribution in [-0.4, -0.2) is 83.1 Å². The lowest BCUT2D eigenvalue weighted by Crippen LogP contribution is -2.58. The van der Waals surface area contributed by atoms with Crippen LogP contribution in [0.25, 0.3) is 0 Å². The van der Waals surface area contributed by atoms with Crippen LogP contribution in [0.5, 0.6) is 0 Å². The summed E-state index contributed by atoms with van der Waals surface area (Å²) in [4.78, 5) is 11.1. The van der Waals surface area contributed by atoms with Gasteiger partial charge in [0.1, 0.15) is 5.69 Å². The summed E-state index contributed by atoms with van der Waals surface area (Å²) < 4.78 is 54.1. The van der Waals surface area contributed by atoms with Gasteiger partial charge in [0.05, 0.1) is 25.1 Å². The van der Waals surface area contributed by atoms with Crippen LogP contribution in [-0.2, 0) is 26.1 Å². The fourth-order valence-electron chi connectivity index (χ4n) is 5.65. The number of aromatic amines is 1. The van der Waals surface area contributed by atoms with Crippen molar-refractivity contribution in [3.63, 3.8) is 0 Å². The Morgan fingerprint density at radius 2 is 2.03 bits per heavy atom. The molecule has 2 aromatic rings. The van der Waals surface area contributed by atoms with Crippen LogP contribution in [0.3, 0.4) is 0 Å². The Labute approximate surface area is 217 Å². The Balaban J connectivity index is 1.41. The predicted molar refractivity (Wildman–Crippen MR) is 137 cm³/mol. The van der Waals surface area contributed by atoms with Crippen molar-refractivity contribution in [1.29, 1.82) is 0 Å². The van der Waals surface area contributed by atoms with E-state index in [1.54, 1.807) is 17.3 Å². The molecule has 3 fully saturated rings. The van der Waals surface area contributed by atoms with Crippen LogP contribution in [0.4, 0.5) is 22.0 Å². The van der Waals surface area contributed by atoms with Crippen LogP contribution < -0.4 is 10.2 Å². The highest BCUT2D eigenvalue weighted by Gasteiger charge is 2.45. The zero-order valence-electron chi connectivity index (χ0n) is 21.6. The smallest absolute Gasteiger partial charge is 0.227 e. The van der Waals surface area contributed by atoms with Gasteiger partial charge in [0.15, 0.2) is 17.5 Å². The minimum Gasteiger partial charge on any atom is -0.379 e. The van der Waals surface area contributed by atoms with Crippen molar-refractivity contribution in [3.05, 3.63) is 23.3 Å². The van der Waals surface area contributed by atoms with Gasteiger partial charge in [-0.3, -0.25) is 5.10 Å². The van der Waals surface area contributed by atoms with Crippen LogP contribution in [0.15, 0.2) is 6.07 Å². The van der Waals surface area contributed by atoms with Crippen molar-refractivity contribution in [2.45, 2.75) is 83.2 Å². The molecule has 37 heavy (non-hydrogen) atoms. The molecule has 0 radical (unpaired) electrons. The summed E-state index contributed by atoms with van der Waals surface area (Å²) in [7, 11) is -1.38. The maximum Gasteiger partial charge on any atom is 0.227 e. The number of aryl methyl sites for hydroxylation is 1. The number of aromatic nitrogens is 4. The minimum absolute atomic E-state index is 0.00404. The molecule has 0 saturated carbocycles. The molecule has 2 aromatic heterocycles.